The maximum Gasteiger partial charge on any atom is 0.220 e. The molecule has 0 unspecified atom stereocenters. The molecule has 0 radical (unpaired) electrons. The largest absolute Gasteiger partial charge is 0.381 e. The molecule has 0 bridgehead atoms. The maximum atomic E-state index is 13.6. The summed E-state index contributed by atoms with van der Waals surface area (Å²) in [6.07, 6.45) is 10.8. The van der Waals surface area contributed by atoms with Crippen LogP contribution in [0.5, 0.6) is 0 Å². The molecule has 0 aliphatic carbocycles. The zero-order valence-corrected chi connectivity index (χ0v) is 26.7. The van der Waals surface area contributed by atoms with Crippen molar-refractivity contribution in [2.75, 3.05) is 33.4 Å². The topological polar surface area (TPSA) is 89.4 Å². The first-order chi connectivity index (χ1) is 20.9. The van der Waals surface area contributed by atoms with Gasteiger partial charge in [-0.2, -0.15) is 5.10 Å². The zero-order chi connectivity index (χ0) is 30.6. The first-order valence-electron chi connectivity index (χ1n) is 16.4. The summed E-state index contributed by atoms with van der Waals surface area (Å²) >= 11 is 0. The first-order valence-corrected chi connectivity index (χ1v) is 16.4. The Balaban J connectivity index is 1.36. The summed E-state index contributed by atoms with van der Waals surface area (Å²) in [6, 6.07) is 10.6. The molecule has 1 aromatic carbocycles. The maximum absolute atomic E-state index is 13.6. The van der Waals surface area contributed by atoms with Gasteiger partial charge in [0.2, 0.25) is 5.91 Å². The Kier molecular flexibility index (Phi) is 12.7. The summed E-state index contributed by atoms with van der Waals surface area (Å²) < 4.78 is 7.30. The van der Waals surface area contributed by atoms with Crippen molar-refractivity contribution in [1.82, 2.24) is 25.0 Å². The van der Waals surface area contributed by atoms with E-state index in [4.69, 9.17) is 9.72 Å². The summed E-state index contributed by atoms with van der Waals surface area (Å²) in [5.41, 5.74) is 4.52. The number of amides is 1. The van der Waals surface area contributed by atoms with Crippen LogP contribution in [-0.2, 0) is 16.1 Å². The van der Waals surface area contributed by atoms with E-state index in [1.165, 1.54) is 18.4 Å². The molecule has 8 nitrogen and oxygen atoms in total. The van der Waals surface area contributed by atoms with Gasteiger partial charge in [0, 0.05) is 61.7 Å². The van der Waals surface area contributed by atoms with E-state index >= 15 is 0 Å². The van der Waals surface area contributed by atoms with Crippen molar-refractivity contribution >= 4 is 22.7 Å². The molecule has 234 valence electrons. The molecule has 1 amide bonds. The second-order valence-electron chi connectivity index (χ2n) is 12.5. The number of nitrogens with zero attached hydrogens (tertiary/aromatic N) is 4. The molecular weight excluding hydrogens is 538 g/mol. The van der Waals surface area contributed by atoms with Crippen molar-refractivity contribution in [2.45, 2.75) is 97.6 Å². The van der Waals surface area contributed by atoms with E-state index < -0.39 is 0 Å². The third-order valence-corrected chi connectivity index (χ3v) is 8.41. The normalized spacial score (nSPS) is 14.2. The molecule has 0 atom stereocenters. The predicted octanol–water partition coefficient (Wildman–Crippen LogP) is 6.98. The van der Waals surface area contributed by atoms with Crippen LogP contribution in [0.3, 0.4) is 0 Å². The van der Waals surface area contributed by atoms with Gasteiger partial charge in [-0.1, -0.05) is 44.4 Å². The van der Waals surface area contributed by atoms with Crippen LogP contribution in [0, 0.1) is 5.92 Å². The number of nitrogens with one attached hydrogen (secondary N) is 1. The molecule has 1 saturated heterocycles. The van der Waals surface area contributed by atoms with Crippen LogP contribution >= 0.6 is 0 Å². The summed E-state index contributed by atoms with van der Waals surface area (Å²) in [5, 5.41) is 8.49. The lowest BCUT2D eigenvalue weighted by atomic mass is 9.99. The minimum Gasteiger partial charge on any atom is -0.381 e. The van der Waals surface area contributed by atoms with Gasteiger partial charge >= 0.3 is 0 Å². The van der Waals surface area contributed by atoms with Gasteiger partial charge in [0.15, 0.2) is 11.4 Å². The Labute approximate surface area is 257 Å². The molecule has 1 N–H and O–H groups in total. The van der Waals surface area contributed by atoms with Gasteiger partial charge in [-0.05, 0) is 83.2 Å². The molecular formula is C35H51N5O3. The summed E-state index contributed by atoms with van der Waals surface area (Å²) in [5.74, 6) is 0.799. The number of pyridine rings is 1. The number of aromatic nitrogens is 3. The average molecular weight is 590 g/mol. The molecule has 3 heterocycles. The highest BCUT2D eigenvalue weighted by atomic mass is 16.5. The van der Waals surface area contributed by atoms with Crippen LogP contribution in [0.25, 0.3) is 22.3 Å². The van der Waals surface area contributed by atoms with Crippen molar-refractivity contribution in [3.05, 3.63) is 47.7 Å². The minimum atomic E-state index is 0.126. The quantitative estimate of drug-likeness (QED) is 0.135. The Hall–Kier alpha value is -3.10. The van der Waals surface area contributed by atoms with Crippen molar-refractivity contribution in [1.29, 1.82) is 0 Å². The summed E-state index contributed by atoms with van der Waals surface area (Å²) in [7, 11) is 2.16. The highest BCUT2D eigenvalue weighted by molar-refractivity contribution is 6.07. The van der Waals surface area contributed by atoms with E-state index in [2.05, 4.69) is 67.4 Å². The molecule has 0 saturated carbocycles. The van der Waals surface area contributed by atoms with Crippen LogP contribution in [0.1, 0.15) is 107 Å². The highest BCUT2D eigenvalue weighted by Crippen LogP contribution is 2.28. The van der Waals surface area contributed by atoms with Gasteiger partial charge in [-0.3, -0.25) is 9.59 Å². The Bertz CT molecular complexity index is 1330. The SMILES string of the molecule is CCCCN(C)Cc1cccc(-c2cc(C(=O)CCCCCCC(=O)NCC3CCOCC3)c3cnn(C(C)C)c3n2)c1. The van der Waals surface area contributed by atoms with Crippen molar-refractivity contribution in [3.63, 3.8) is 0 Å². The third kappa shape index (κ3) is 9.70. The van der Waals surface area contributed by atoms with Gasteiger partial charge in [0.25, 0.3) is 0 Å². The molecule has 0 spiro atoms. The van der Waals surface area contributed by atoms with E-state index in [0.29, 0.717) is 24.3 Å². The average Bonchev–Trinajstić information content (AvgIpc) is 3.45. The number of hydrogen-bond donors (Lipinski definition) is 1. The number of hydrogen-bond acceptors (Lipinski definition) is 6. The fourth-order valence-corrected chi connectivity index (χ4v) is 5.78. The minimum absolute atomic E-state index is 0.126. The number of fused-ring (bicyclic) bond motifs is 1. The Morgan fingerprint density at radius 1 is 1.07 bits per heavy atom. The molecule has 1 aliphatic rings. The fraction of sp³-hybridized carbons (Fsp3) is 0.600. The smallest absolute Gasteiger partial charge is 0.220 e. The van der Waals surface area contributed by atoms with E-state index in [1.807, 2.05) is 10.7 Å². The number of ether oxygens (including phenoxy) is 1. The van der Waals surface area contributed by atoms with Gasteiger partial charge in [0.1, 0.15) is 0 Å². The van der Waals surface area contributed by atoms with Crippen molar-refractivity contribution in [3.8, 4) is 11.3 Å². The molecule has 2 aromatic heterocycles. The highest BCUT2D eigenvalue weighted by Gasteiger charge is 2.19. The fourth-order valence-electron chi connectivity index (χ4n) is 5.78. The van der Waals surface area contributed by atoms with E-state index in [0.717, 1.165) is 93.7 Å². The molecule has 43 heavy (non-hydrogen) atoms. The predicted molar refractivity (Wildman–Crippen MR) is 173 cm³/mol. The molecule has 3 aromatic rings. The standard InChI is InChI=1S/C35H51N5O3/c1-5-6-18-39(4)25-28-12-11-13-29(21-28)32-22-30(31-24-37-40(26(2)3)35(31)38-32)33(41)14-9-7-8-10-15-34(42)36-23-27-16-19-43-20-17-27/h11-13,21-22,24,26-27H,5-10,14-20,23,25H2,1-4H3,(H,36,42). The lowest BCUT2D eigenvalue weighted by Crippen LogP contribution is -2.31. The number of benzene rings is 1. The number of ketones is 1. The van der Waals surface area contributed by atoms with E-state index in [9.17, 15) is 9.59 Å². The van der Waals surface area contributed by atoms with Crippen molar-refractivity contribution < 1.29 is 14.3 Å². The Morgan fingerprint density at radius 3 is 2.58 bits per heavy atom. The van der Waals surface area contributed by atoms with Crippen LogP contribution < -0.4 is 5.32 Å². The second kappa shape index (κ2) is 16.7. The zero-order valence-electron chi connectivity index (χ0n) is 26.7. The number of rotatable bonds is 17. The van der Waals surface area contributed by atoms with Crippen molar-refractivity contribution in [2.24, 2.45) is 5.92 Å². The first kappa shape index (κ1) is 32.8. The van der Waals surface area contributed by atoms with E-state index in [1.54, 1.807) is 6.20 Å². The van der Waals surface area contributed by atoms with Crippen LogP contribution in [0.15, 0.2) is 36.5 Å². The lowest BCUT2D eigenvalue weighted by Gasteiger charge is -2.22. The summed E-state index contributed by atoms with van der Waals surface area (Å²) in [4.78, 5) is 33.2. The molecule has 4 rings (SSSR count). The van der Waals surface area contributed by atoms with Gasteiger partial charge in [-0.25, -0.2) is 9.67 Å². The van der Waals surface area contributed by atoms with Gasteiger partial charge in [0.05, 0.1) is 11.9 Å². The van der Waals surface area contributed by atoms with E-state index in [-0.39, 0.29) is 17.7 Å². The lowest BCUT2D eigenvalue weighted by molar-refractivity contribution is -0.121. The van der Waals surface area contributed by atoms with Crippen LogP contribution in [0.2, 0.25) is 0 Å². The Morgan fingerprint density at radius 2 is 1.84 bits per heavy atom. The van der Waals surface area contributed by atoms with Crippen LogP contribution in [0.4, 0.5) is 0 Å². The third-order valence-electron chi connectivity index (χ3n) is 8.41. The number of carbonyl (C=O) groups excluding carboxylic acids is 2. The van der Waals surface area contributed by atoms with Crippen LogP contribution in [-0.4, -0.2) is 64.7 Å². The molecule has 1 aliphatic heterocycles. The van der Waals surface area contributed by atoms with Gasteiger partial charge in [-0.15, -0.1) is 0 Å². The summed E-state index contributed by atoms with van der Waals surface area (Å²) in [6.45, 7) is 10.7. The molecule has 8 heteroatoms. The second-order valence-corrected chi connectivity index (χ2v) is 12.5. The number of Topliss-reactive ketones (excluding diaryl/α,β-unsaturated/α-hetero) is 1. The monoisotopic (exact) mass is 589 g/mol. The van der Waals surface area contributed by atoms with Gasteiger partial charge < -0.3 is 15.0 Å². The molecule has 1 fully saturated rings. The number of unbranched alkanes of at least 4 members (excludes halogenated alkanes) is 4. The number of carbonyl (C=O) groups is 2.